The normalized spacial score (nSPS) is 14.8. The number of primary amides is 1. The molecule has 0 saturated carbocycles. The van der Waals surface area contributed by atoms with Gasteiger partial charge in [0.05, 0.1) is 23.3 Å². The van der Waals surface area contributed by atoms with Gasteiger partial charge in [0.1, 0.15) is 23.4 Å². The number of hydrogen-bond acceptors (Lipinski definition) is 6. The van der Waals surface area contributed by atoms with Gasteiger partial charge < -0.3 is 15.8 Å². The number of anilines is 2. The zero-order valence-corrected chi connectivity index (χ0v) is 18.5. The highest BCUT2D eigenvalue weighted by Gasteiger charge is 2.41. The molecule has 0 bridgehead atoms. The lowest BCUT2D eigenvalue weighted by Gasteiger charge is -2.36. The van der Waals surface area contributed by atoms with Gasteiger partial charge in [-0.05, 0) is 38.1 Å². The van der Waals surface area contributed by atoms with Crippen molar-refractivity contribution in [1.29, 1.82) is 0 Å². The average Bonchev–Trinajstić information content (AvgIpc) is 3.28. The third kappa shape index (κ3) is 3.87. The molecule has 0 aliphatic heterocycles. The van der Waals surface area contributed by atoms with E-state index in [0.29, 0.717) is 41.9 Å². The number of fused-ring (bicyclic) bond motifs is 1. The number of methoxy groups -OCH3 is 1. The number of likely N-dealkylation sites (N-methyl/N-ethyl adjacent to an activating group) is 1. The van der Waals surface area contributed by atoms with Gasteiger partial charge in [-0.1, -0.05) is 29.8 Å². The quantitative estimate of drug-likeness (QED) is 0.519. The highest BCUT2D eigenvalue weighted by molar-refractivity contribution is 6.31. The fourth-order valence-electron chi connectivity index (χ4n) is 4.02. The molecule has 4 rings (SSSR count). The molecule has 32 heavy (non-hydrogen) atoms. The van der Waals surface area contributed by atoms with E-state index in [4.69, 9.17) is 22.1 Å². The number of nitrogens with zero attached hydrogens (tertiary/aromatic N) is 3. The van der Waals surface area contributed by atoms with Gasteiger partial charge in [0.25, 0.3) is 0 Å². The number of rotatable bonds is 7. The van der Waals surface area contributed by atoms with E-state index in [-0.39, 0.29) is 16.6 Å². The van der Waals surface area contributed by atoms with E-state index in [1.807, 2.05) is 30.2 Å². The lowest BCUT2D eigenvalue weighted by atomic mass is 9.93. The van der Waals surface area contributed by atoms with Gasteiger partial charge in [-0.15, -0.1) is 0 Å². The van der Waals surface area contributed by atoms with Crippen molar-refractivity contribution in [3.8, 4) is 5.75 Å². The molecule has 0 radical (unpaired) electrons. The number of benzene rings is 2. The minimum absolute atomic E-state index is 0.0132. The summed E-state index contributed by atoms with van der Waals surface area (Å²) in [6, 6.07) is 8.39. The van der Waals surface area contributed by atoms with Gasteiger partial charge in [0.15, 0.2) is 5.82 Å². The molecular weight excluding hydrogens is 433 g/mol. The van der Waals surface area contributed by atoms with Crippen LogP contribution in [-0.4, -0.2) is 40.5 Å². The highest BCUT2D eigenvalue weighted by atomic mass is 35.5. The van der Waals surface area contributed by atoms with Crippen LogP contribution in [0, 0.1) is 5.82 Å². The Morgan fingerprint density at radius 3 is 2.75 bits per heavy atom. The molecule has 1 heterocycles. The first-order chi connectivity index (χ1) is 15.4. The molecule has 9 heteroatoms. The van der Waals surface area contributed by atoms with Crippen LogP contribution in [0.4, 0.5) is 15.9 Å². The van der Waals surface area contributed by atoms with Crippen LogP contribution in [0.25, 0.3) is 10.9 Å². The molecule has 166 valence electrons. The number of amides is 1. The lowest BCUT2D eigenvalue weighted by Crippen LogP contribution is -2.54. The van der Waals surface area contributed by atoms with Gasteiger partial charge >= 0.3 is 0 Å². The highest BCUT2D eigenvalue weighted by Crippen LogP contribution is 2.35. The largest absolute Gasteiger partial charge is 0.496 e. The minimum atomic E-state index is -0.780. The first kappa shape index (κ1) is 22.0. The van der Waals surface area contributed by atoms with Crippen LogP contribution in [0.1, 0.15) is 18.4 Å². The van der Waals surface area contributed by atoms with E-state index in [2.05, 4.69) is 15.3 Å². The van der Waals surface area contributed by atoms with E-state index in [9.17, 15) is 9.18 Å². The van der Waals surface area contributed by atoms with Crippen molar-refractivity contribution in [2.24, 2.45) is 5.73 Å². The van der Waals surface area contributed by atoms with Gasteiger partial charge in [0.2, 0.25) is 5.91 Å². The molecule has 1 aliphatic carbocycles. The van der Waals surface area contributed by atoms with Crippen molar-refractivity contribution < 1.29 is 13.9 Å². The van der Waals surface area contributed by atoms with Crippen LogP contribution in [0.15, 0.2) is 48.8 Å². The first-order valence-electron chi connectivity index (χ1n) is 10.0. The van der Waals surface area contributed by atoms with Gasteiger partial charge in [0, 0.05) is 23.6 Å². The lowest BCUT2D eigenvalue weighted by molar-refractivity contribution is -0.129. The number of carbonyl (C=O) groups is 1. The summed E-state index contributed by atoms with van der Waals surface area (Å²) in [6.07, 6.45) is 6.44. The van der Waals surface area contributed by atoms with Crippen molar-refractivity contribution in [1.82, 2.24) is 14.9 Å². The van der Waals surface area contributed by atoms with Crippen molar-refractivity contribution in [3.63, 3.8) is 0 Å². The number of ether oxygens (including phenoxy) is 1. The van der Waals surface area contributed by atoms with Crippen LogP contribution in [0.5, 0.6) is 5.75 Å². The molecule has 0 atom stereocenters. The Labute approximate surface area is 190 Å². The fraction of sp³-hybridized carbons (Fsp3) is 0.261. The summed E-state index contributed by atoms with van der Waals surface area (Å²) >= 11 is 5.91. The maximum Gasteiger partial charge on any atom is 0.238 e. The van der Waals surface area contributed by atoms with Crippen LogP contribution in [0.2, 0.25) is 5.02 Å². The fourth-order valence-corrected chi connectivity index (χ4v) is 4.19. The molecule has 0 unspecified atom stereocenters. The first-order valence-corrected chi connectivity index (χ1v) is 10.4. The Hall–Kier alpha value is -3.23. The number of nitrogens with two attached hydrogens (primary N) is 1. The predicted octanol–water partition coefficient (Wildman–Crippen LogP) is 4.18. The second-order valence-corrected chi connectivity index (χ2v) is 8.17. The van der Waals surface area contributed by atoms with Crippen molar-refractivity contribution in [2.45, 2.75) is 24.9 Å². The second kappa shape index (κ2) is 8.72. The summed E-state index contributed by atoms with van der Waals surface area (Å²) in [5.74, 6) is 0.113. The molecule has 7 nitrogen and oxygen atoms in total. The molecule has 0 spiro atoms. The van der Waals surface area contributed by atoms with E-state index >= 15 is 0 Å². The van der Waals surface area contributed by atoms with Crippen LogP contribution < -0.4 is 15.8 Å². The Balaban J connectivity index is 1.74. The monoisotopic (exact) mass is 455 g/mol. The second-order valence-electron chi connectivity index (χ2n) is 7.76. The topological polar surface area (TPSA) is 93.4 Å². The predicted molar refractivity (Wildman–Crippen MR) is 123 cm³/mol. The minimum Gasteiger partial charge on any atom is -0.496 e. The van der Waals surface area contributed by atoms with E-state index < -0.39 is 11.4 Å². The molecule has 3 N–H and O–H groups in total. The van der Waals surface area contributed by atoms with Gasteiger partial charge in [-0.3, -0.25) is 9.69 Å². The SMILES string of the molecule is COc1cc2ncnc(Nc3cccc(Cl)c3F)c2cc1CN(C)C1(C(N)=O)CC=CC1. The number of aromatic nitrogens is 2. The number of halogens is 2. The Kier molecular flexibility index (Phi) is 5.99. The van der Waals surface area contributed by atoms with Crippen molar-refractivity contribution >= 4 is 39.9 Å². The standard InChI is InChI=1S/C23H23ClFN5O2/c1-30(23(22(26)31)8-3-4-9-23)12-14-10-15-18(11-19(14)32-2)27-13-28-21(15)29-17-7-5-6-16(24)20(17)25/h3-7,10-11,13H,8-9,12H2,1-2H3,(H2,26,31)(H,27,28,29). The van der Waals surface area contributed by atoms with Crippen LogP contribution in [0.3, 0.4) is 0 Å². The summed E-state index contributed by atoms with van der Waals surface area (Å²) in [5, 5.41) is 3.69. The zero-order valence-electron chi connectivity index (χ0n) is 17.7. The van der Waals surface area contributed by atoms with E-state index in [1.54, 1.807) is 25.3 Å². The summed E-state index contributed by atoms with van der Waals surface area (Å²) in [4.78, 5) is 22.8. The molecule has 3 aromatic rings. The average molecular weight is 456 g/mol. The maximum atomic E-state index is 14.4. The summed E-state index contributed by atoms with van der Waals surface area (Å²) in [6.45, 7) is 0.406. The van der Waals surface area contributed by atoms with Gasteiger partial charge in [-0.25, -0.2) is 14.4 Å². The molecule has 0 fully saturated rings. The molecule has 2 aromatic carbocycles. The van der Waals surface area contributed by atoms with Gasteiger partial charge in [-0.2, -0.15) is 0 Å². The number of carbonyl (C=O) groups excluding carboxylic acids is 1. The van der Waals surface area contributed by atoms with Crippen LogP contribution >= 0.6 is 11.6 Å². The summed E-state index contributed by atoms with van der Waals surface area (Å²) in [7, 11) is 3.44. The van der Waals surface area contributed by atoms with Crippen molar-refractivity contribution in [3.05, 3.63) is 65.2 Å². The molecular formula is C23H23ClFN5O2. The Morgan fingerprint density at radius 1 is 1.31 bits per heavy atom. The summed E-state index contributed by atoms with van der Waals surface area (Å²) in [5.41, 5.74) is 6.63. The maximum absolute atomic E-state index is 14.4. The van der Waals surface area contributed by atoms with Crippen LogP contribution in [-0.2, 0) is 11.3 Å². The zero-order chi connectivity index (χ0) is 22.9. The molecule has 1 aromatic heterocycles. The number of nitrogens with one attached hydrogen (secondary N) is 1. The summed E-state index contributed by atoms with van der Waals surface area (Å²) < 4.78 is 20.0. The third-order valence-electron chi connectivity index (χ3n) is 5.92. The van der Waals surface area contributed by atoms with E-state index in [1.165, 1.54) is 12.4 Å². The Morgan fingerprint density at radius 2 is 2.06 bits per heavy atom. The smallest absolute Gasteiger partial charge is 0.238 e. The Bertz CT molecular complexity index is 1210. The number of hydrogen-bond donors (Lipinski definition) is 2. The third-order valence-corrected chi connectivity index (χ3v) is 6.21. The van der Waals surface area contributed by atoms with Crippen molar-refractivity contribution in [2.75, 3.05) is 19.5 Å². The molecule has 1 amide bonds. The molecule has 0 saturated heterocycles. The molecule has 1 aliphatic rings. The van der Waals surface area contributed by atoms with E-state index in [0.717, 1.165) is 5.56 Å².